The van der Waals surface area contributed by atoms with Crippen molar-refractivity contribution in [2.75, 3.05) is 0 Å². The van der Waals surface area contributed by atoms with Gasteiger partial charge >= 0.3 is 0 Å². The van der Waals surface area contributed by atoms with Gasteiger partial charge in [-0.3, -0.25) is 9.48 Å². The fourth-order valence-corrected chi connectivity index (χ4v) is 2.71. The first-order valence-electron chi connectivity index (χ1n) is 7.79. The molecule has 3 rings (SSSR count). The third kappa shape index (κ3) is 2.76. The van der Waals surface area contributed by atoms with Gasteiger partial charge in [0.1, 0.15) is 5.69 Å². The lowest BCUT2D eigenvalue weighted by Crippen LogP contribution is -2.43. The van der Waals surface area contributed by atoms with Gasteiger partial charge in [0.2, 0.25) is 0 Å². The zero-order valence-electron chi connectivity index (χ0n) is 13.9. The Morgan fingerprint density at radius 2 is 2.25 bits per heavy atom. The maximum Gasteiger partial charge on any atom is 0.268 e. The van der Waals surface area contributed by atoms with E-state index < -0.39 is 5.54 Å². The second-order valence-corrected chi connectivity index (χ2v) is 6.14. The maximum absolute atomic E-state index is 12.7. The number of hydrogen-bond donors (Lipinski definition) is 2. The largest absolute Gasteiger partial charge is 0.351 e. The molecule has 2 heterocycles. The van der Waals surface area contributed by atoms with E-state index in [1.165, 1.54) is 0 Å². The van der Waals surface area contributed by atoms with Crippen molar-refractivity contribution in [3.8, 4) is 6.07 Å². The summed E-state index contributed by atoms with van der Waals surface area (Å²) in [6.45, 7) is 4.01. The fourth-order valence-electron chi connectivity index (χ4n) is 2.71. The van der Waals surface area contributed by atoms with E-state index in [-0.39, 0.29) is 5.91 Å². The summed E-state index contributed by atoms with van der Waals surface area (Å²) in [7, 11) is 1.85. The van der Waals surface area contributed by atoms with Gasteiger partial charge in [-0.25, -0.2) is 0 Å². The monoisotopic (exact) mass is 321 g/mol. The molecule has 2 aromatic heterocycles. The Balaban J connectivity index is 1.89. The molecule has 1 atom stereocenters. The molecule has 6 nitrogen and oxygen atoms in total. The number of aromatic amines is 1. The summed E-state index contributed by atoms with van der Waals surface area (Å²) in [5.41, 5.74) is 2.34. The first-order chi connectivity index (χ1) is 11.4. The molecule has 1 amide bonds. The Morgan fingerprint density at radius 3 is 2.88 bits per heavy atom. The Hall–Kier alpha value is -3.07. The van der Waals surface area contributed by atoms with Crippen LogP contribution >= 0.6 is 0 Å². The van der Waals surface area contributed by atoms with E-state index in [4.69, 9.17) is 5.26 Å². The van der Waals surface area contributed by atoms with Crippen LogP contribution in [-0.4, -0.2) is 20.7 Å². The highest BCUT2D eigenvalue weighted by Gasteiger charge is 2.29. The number of amides is 1. The van der Waals surface area contributed by atoms with Crippen molar-refractivity contribution < 1.29 is 4.79 Å². The lowest BCUT2D eigenvalue weighted by atomic mass is 9.91. The van der Waals surface area contributed by atoms with Crippen molar-refractivity contribution in [1.29, 1.82) is 5.26 Å². The number of carbonyl (C=O) groups excluding carboxylic acids is 1. The zero-order valence-corrected chi connectivity index (χ0v) is 13.9. The van der Waals surface area contributed by atoms with Gasteiger partial charge in [0.05, 0.1) is 23.4 Å². The molecule has 1 aromatic carbocycles. The molecule has 0 bridgehead atoms. The number of rotatable bonds is 4. The summed E-state index contributed by atoms with van der Waals surface area (Å²) in [6, 6.07) is 9.18. The lowest BCUT2D eigenvalue weighted by molar-refractivity contribution is 0.0897. The average molecular weight is 321 g/mol. The van der Waals surface area contributed by atoms with Gasteiger partial charge in [-0.1, -0.05) is 6.92 Å². The van der Waals surface area contributed by atoms with E-state index in [9.17, 15) is 4.79 Å². The molecule has 0 radical (unpaired) electrons. The Morgan fingerprint density at radius 1 is 1.46 bits per heavy atom. The van der Waals surface area contributed by atoms with Crippen LogP contribution in [0.15, 0.2) is 36.7 Å². The normalized spacial score (nSPS) is 13.4. The van der Waals surface area contributed by atoms with Crippen LogP contribution in [0.1, 0.15) is 41.9 Å². The number of H-pyrrole nitrogens is 1. The van der Waals surface area contributed by atoms with Crippen LogP contribution in [0.2, 0.25) is 0 Å². The highest BCUT2D eigenvalue weighted by molar-refractivity contribution is 5.98. The molecule has 0 fully saturated rings. The third-order valence-corrected chi connectivity index (χ3v) is 4.43. The molecule has 0 aliphatic heterocycles. The maximum atomic E-state index is 12.7. The molecule has 3 aromatic rings. The minimum Gasteiger partial charge on any atom is -0.351 e. The SMILES string of the molecule is CC[C@](C)(NC(=O)c1cc2cc(C#N)ccc2[nH]1)c1cnn(C)c1. The molecule has 6 heteroatoms. The van der Waals surface area contributed by atoms with Crippen molar-refractivity contribution in [3.63, 3.8) is 0 Å². The Labute approximate surface area is 140 Å². The van der Waals surface area contributed by atoms with Gasteiger partial charge in [-0.15, -0.1) is 0 Å². The summed E-state index contributed by atoms with van der Waals surface area (Å²) in [6.07, 6.45) is 4.42. The number of fused-ring (bicyclic) bond motifs is 1. The van der Waals surface area contributed by atoms with Crippen molar-refractivity contribution >= 4 is 16.8 Å². The number of nitrogens with zero attached hydrogens (tertiary/aromatic N) is 3. The van der Waals surface area contributed by atoms with Gasteiger partial charge < -0.3 is 10.3 Å². The standard InChI is InChI=1S/C18H19N5O/c1-4-18(2,14-10-20-23(3)11-14)22-17(24)16-8-13-7-12(9-19)5-6-15(13)21-16/h5-8,10-11,21H,4H2,1-3H3,(H,22,24)/t18-/m0/s1. The smallest absolute Gasteiger partial charge is 0.268 e. The van der Waals surface area contributed by atoms with Crippen LogP contribution < -0.4 is 5.32 Å². The molecule has 0 aliphatic rings. The van der Waals surface area contributed by atoms with E-state index in [0.29, 0.717) is 11.3 Å². The van der Waals surface area contributed by atoms with E-state index in [2.05, 4.69) is 21.5 Å². The van der Waals surface area contributed by atoms with E-state index in [0.717, 1.165) is 22.9 Å². The van der Waals surface area contributed by atoms with Crippen LogP contribution in [0.4, 0.5) is 0 Å². The Bertz CT molecular complexity index is 946. The zero-order chi connectivity index (χ0) is 17.3. The fraction of sp³-hybridized carbons (Fsp3) is 0.278. The number of nitrogens with one attached hydrogen (secondary N) is 2. The van der Waals surface area contributed by atoms with Crippen LogP contribution in [0, 0.1) is 11.3 Å². The number of benzene rings is 1. The van der Waals surface area contributed by atoms with Crippen molar-refractivity contribution in [2.45, 2.75) is 25.8 Å². The van der Waals surface area contributed by atoms with Crippen molar-refractivity contribution in [3.05, 3.63) is 53.5 Å². The topological polar surface area (TPSA) is 86.5 Å². The minimum atomic E-state index is -0.500. The van der Waals surface area contributed by atoms with Crippen LogP contribution in [0.5, 0.6) is 0 Å². The molecular formula is C18H19N5O. The number of aryl methyl sites for hydroxylation is 1. The van der Waals surface area contributed by atoms with E-state index in [1.807, 2.05) is 33.2 Å². The summed E-state index contributed by atoms with van der Waals surface area (Å²) in [5, 5.41) is 17.1. The van der Waals surface area contributed by atoms with Gasteiger partial charge in [0.25, 0.3) is 5.91 Å². The summed E-state index contributed by atoms with van der Waals surface area (Å²) in [4.78, 5) is 15.8. The predicted molar refractivity (Wildman–Crippen MR) is 91.3 cm³/mol. The molecule has 2 N–H and O–H groups in total. The molecule has 0 aliphatic carbocycles. The molecule has 0 saturated carbocycles. The quantitative estimate of drug-likeness (QED) is 0.774. The first kappa shape index (κ1) is 15.8. The second kappa shape index (κ2) is 5.85. The number of nitriles is 1. The summed E-state index contributed by atoms with van der Waals surface area (Å²) >= 11 is 0. The van der Waals surface area contributed by atoms with Crippen molar-refractivity contribution in [2.24, 2.45) is 7.05 Å². The lowest BCUT2D eigenvalue weighted by Gasteiger charge is -2.28. The molecule has 122 valence electrons. The minimum absolute atomic E-state index is 0.182. The highest BCUT2D eigenvalue weighted by Crippen LogP contribution is 2.25. The molecule has 0 unspecified atom stereocenters. The van der Waals surface area contributed by atoms with E-state index in [1.54, 1.807) is 29.1 Å². The van der Waals surface area contributed by atoms with Crippen LogP contribution in [0.3, 0.4) is 0 Å². The number of carbonyl (C=O) groups is 1. The molecule has 24 heavy (non-hydrogen) atoms. The summed E-state index contributed by atoms with van der Waals surface area (Å²) < 4.78 is 1.72. The summed E-state index contributed by atoms with van der Waals surface area (Å²) in [5.74, 6) is -0.182. The number of aromatic nitrogens is 3. The van der Waals surface area contributed by atoms with Gasteiger partial charge in [-0.05, 0) is 37.6 Å². The van der Waals surface area contributed by atoms with Crippen LogP contribution in [-0.2, 0) is 12.6 Å². The second-order valence-electron chi connectivity index (χ2n) is 6.14. The predicted octanol–water partition coefficient (Wildman–Crippen LogP) is 2.83. The van der Waals surface area contributed by atoms with Gasteiger partial charge in [-0.2, -0.15) is 10.4 Å². The van der Waals surface area contributed by atoms with E-state index >= 15 is 0 Å². The Kier molecular flexibility index (Phi) is 3.86. The van der Waals surface area contributed by atoms with Crippen LogP contribution in [0.25, 0.3) is 10.9 Å². The van der Waals surface area contributed by atoms with Gasteiger partial charge in [0.15, 0.2) is 0 Å². The number of hydrogen-bond acceptors (Lipinski definition) is 3. The third-order valence-electron chi connectivity index (χ3n) is 4.43. The average Bonchev–Trinajstić information content (AvgIpc) is 3.20. The first-order valence-corrected chi connectivity index (χ1v) is 7.79. The highest BCUT2D eigenvalue weighted by atomic mass is 16.2. The molecule has 0 saturated heterocycles. The van der Waals surface area contributed by atoms with Gasteiger partial charge in [0, 0.05) is 29.7 Å². The molecular weight excluding hydrogens is 302 g/mol. The van der Waals surface area contributed by atoms with Crippen molar-refractivity contribution in [1.82, 2.24) is 20.1 Å². The molecule has 0 spiro atoms.